The van der Waals surface area contributed by atoms with Crippen LogP contribution in [0.5, 0.6) is 0 Å². The van der Waals surface area contributed by atoms with Gasteiger partial charge in [-0.1, -0.05) is 71.3 Å². The van der Waals surface area contributed by atoms with Crippen LogP contribution in [0.1, 0.15) is 78.1 Å². The largest absolute Gasteiger partial charge is 0.463 e. The molecule has 0 radical (unpaired) electrons. The minimum Gasteiger partial charge on any atom is -0.463 e. The molecule has 0 aromatic carbocycles. The van der Waals surface area contributed by atoms with Gasteiger partial charge in [-0.15, -0.1) is 0 Å². The Morgan fingerprint density at radius 1 is 0.905 bits per heavy atom. The molecule has 0 amide bonds. The molecule has 0 aromatic heterocycles. The van der Waals surface area contributed by atoms with Crippen molar-refractivity contribution >= 4 is 17.7 Å². The average molecular weight is 315 g/mol. The highest BCUT2D eigenvalue weighted by Crippen LogP contribution is 2.14. The van der Waals surface area contributed by atoms with Gasteiger partial charge in [0.1, 0.15) is 0 Å². The Bertz CT molecular complexity index is 264. The second-order valence-electron chi connectivity index (χ2n) is 5.56. The summed E-state index contributed by atoms with van der Waals surface area (Å²) in [5, 5.41) is 0. The van der Waals surface area contributed by atoms with Crippen LogP contribution in [0.15, 0.2) is 12.2 Å². The fraction of sp³-hybridized carbons (Fsp3) is 0.833. The maximum atomic E-state index is 11.3. The number of thioether (sulfide) groups is 1. The van der Waals surface area contributed by atoms with Crippen molar-refractivity contribution in [3.8, 4) is 0 Å². The molecule has 0 aromatic rings. The molecule has 0 spiro atoms. The van der Waals surface area contributed by atoms with Crippen molar-refractivity contribution in [3.05, 3.63) is 12.2 Å². The van der Waals surface area contributed by atoms with Crippen LogP contribution in [0.25, 0.3) is 0 Å². The molecule has 0 atom stereocenters. The standard InChI is InChI=1S/C18H34O2S/c1-4-6-7-8-9-10-11-12-13-14-15-21-16-17(3)18(19)20-5-2/h3-16H2,1-2H3. The highest BCUT2D eigenvalue weighted by atomic mass is 32.2. The van der Waals surface area contributed by atoms with E-state index in [0.717, 1.165) is 5.75 Å². The summed E-state index contributed by atoms with van der Waals surface area (Å²) < 4.78 is 4.91. The first-order valence-electron chi connectivity index (χ1n) is 8.65. The van der Waals surface area contributed by atoms with Gasteiger partial charge in [-0.3, -0.25) is 0 Å². The third-order valence-corrected chi connectivity index (χ3v) is 4.61. The van der Waals surface area contributed by atoms with E-state index in [9.17, 15) is 4.79 Å². The van der Waals surface area contributed by atoms with Gasteiger partial charge in [-0.05, 0) is 19.1 Å². The van der Waals surface area contributed by atoms with Gasteiger partial charge in [-0.25, -0.2) is 4.79 Å². The lowest BCUT2D eigenvalue weighted by molar-refractivity contribution is -0.138. The fourth-order valence-corrected chi connectivity index (χ4v) is 3.10. The van der Waals surface area contributed by atoms with Crippen molar-refractivity contribution in [2.45, 2.75) is 78.1 Å². The molecular formula is C18H34O2S. The topological polar surface area (TPSA) is 26.3 Å². The van der Waals surface area contributed by atoms with E-state index in [1.165, 1.54) is 64.2 Å². The highest BCUT2D eigenvalue weighted by Gasteiger charge is 2.06. The Morgan fingerprint density at radius 3 is 1.95 bits per heavy atom. The van der Waals surface area contributed by atoms with Crippen LogP contribution in [0, 0.1) is 0 Å². The third-order valence-electron chi connectivity index (χ3n) is 3.48. The number of hydrogen-bond acceptors (Lipinski definition) is 3. The predicted octanol–water partition coefficient (Wildman–Crippen LogP) is 5.76. The van der Waals surface area contributed by atoms with E-state index in [2.05, 4.69) is 13.5 Å². The Balaban J connectivity index is 3.19. The average Bonchev–Trinajstić information content (AvgIpc) is 2.48. The molecule has 0 aliphatic heterocycles. The molecule has 21 heavy (non-hydrogen) atoms. The monoisotopic (exact) mass is 314 g/mol. The second-order valence-corrected chi connectivity index (χ2v) is 6.66. The number of hydrogen-bond donors (Lipinski definition) is 0. The summed E-state index contributed by atoms with van der Waals surface area (Å²) in [5.41, 5.74) is 0.592. The van der Waals surface area contributed by atoms with Crippen LogP contribution >= 0.6 is 11.8 Å². The van der Waals surface area contributed by atoms with E-state index < -0.39 is 0 Å². The lowest BCUT2D eigenvalue weighted by atomic mass is 10.1. The zero-order chi connectivity index (χ0) is 15.8. The van der Waals surface area contributed by atoms with Gasteiger partial charge in [0.05, 0.1) is 6.61 Å². The van der Waals surface area contributed by atoms with Crippen molar-refractivity contribution < 1.29 is 9.53 Å². The van der Waals surface area contributed by atoms with E-state index in [1.807, 2.05) is 6.92 Å². The van der Waals surface area contributed by atoms with Gasteiger partial charge < -0.3 is 4.74 Å². The zero-order valence-corrected chi connectivity index (χ0v) is 14.9. The van der Waals surface area contributed by atoms with Gasteiger partial charge in [-0.2, -0.15) is 11.8 Å². The molecular weight excluding hydrogens is 280 g/mol. The molecule has 0 N–H and O–H groups in total. The summed E-state index contributed by atoms with van der Waals surface area (Å²) in [6, 6.07) is 0. The van der Waals surface area contributed by atoms with Gasteiger partial charge >= 0.3 is 5.97 Å². The van der Waals surface area contributed by atoms with E-state index >= 15 is 0 Å². The molecule has 0 unspecified atom stereocenters. The summed E-state index contributed by atoms with van der Waals surface area (Å²) in [6.07, 6.45) is 13.7. The Morgan fingerprint density at radius 2 is 1.43 bits per heavy atom. The quantitative estimate of drug-likeness (QED) is 0.218. The molecule has 0 aliphatic carbocycles. The van der Waals surface area contributed by atoms with E-state index in [1.54, 1.807) is 11.8 Å². The van der Waals surface area contributed by atoms with E-state index in [-0.39, 0.29) is 5.97 Å². The SMILES string of the molecule is C=C(CSCCCCCCCCCCCC)C(=O)OCC. The third kappa shape index (κ3) is 14.3. The van der Waals surface area contributed by atoms with E-state index in [4.69, 9.17) is 4.74 Å². The number of esters is 1. The number of carbonyl (C=O) groups excluding carboxylic acids is 1. The van der Waals surface area contributed by atoms with E-state index in [0.29, 0.717) is 17.9 Å². The van der Waals surface area contributed by atoms with Crippen LogP contribution in [-0.2, 0) is 9.53 Å². The number of carbonyl (C=O) groups is 1. The molecule has 124 valence electrons. The maximum absolute atomic E-state index is 11.3. The maximum Gasteiger partial charge on any atom is 0.334 e. The van der Waals surface area contributed by atoms with Crippen LogP contribution < -0.4 is 0 Å². The normalized spacial score (nSPS) is 10.6. The molecule has 2 nitrogen and oxygen atoms in total. The molecule has 0 aliphatic rings. The molecule has 0 heterocycles. The first kappa shape index (κ1) is 20.6. The zero-order valence-electron chi connectivity index (χ0n) is 14.1. The first-order chi connectivity index (χ1) is 10.2. The van der Waals surface area contributed by atoms with Crippen molar-refractivity contribution in [2.24, 2.45) is 0 Å². The fourth-order valence-electron chi connectivity index (χ4n) is 2.18. The summed E-state index contributed by atoms with van der Waals surface area (Å²) in [6.45, 7) is 8.28. The first-order valence-corrected chi connectivity index (χ1v) is 9.80. The molecule has 0 rings (SSSR count). The highest BCUT2D eigenvalue weighted by molar-refractivity contribution is 7.99. The van der Waals surface area contributed by atoms with Gasteiger partial charge in [0.15, 0.2) is 0 Å². The molecule has 0 bridgehead atoms. The predicted molar refractivity (Wildman–Crippen MR) is 94.9 cm³/mol. The van der Waals surface area contributed by atoms with Gasteiger partial charge in [0.2, 0.25) is 0 Å². The van der Waals surface area contributed by atoms with Crippen LogP contribution in [-0.4, -0.2) is 24.1 Å². The molecule has 0 saturated carbocycles. The van der Waals surface area contributed by atoms with Crippen molar-refractivity contribution in [1.29, 1.82) is 0 Å². The number of rotatable bonds is 15. The van der Waals surface area contributed by atoms with Crippen LogP contribution in [0.4, 0.5) is 0 Å². The molecule has 0 fully saturated rings. The van der Waals surface area contributed by atoms with Crippen molar-refractivity contribution in [2.75, 3.05) is 18.1 Å². The summed E-state index contributed by atoms with van der Waals surface area (Å²) in [5.74, 6) is 1.58. The Hall–Kier alpha value is -0.440. The lowest BCUT2D eigenvalue weighted by Crippen LogP contribution is -2.08. The summed E-state index contributed by atoms with van der Waals surface area (Å²) in [4.78, 5) is 11.3. The van der Waals surface area contributed by atoms with Crippen LogP contribution in [0.3, 0.4) is 0 Å². The smallest absolute Gasteiger partial charge is 0.334 e. The molecule has 0 saturated heterocycles. The minimum atomic E-state index is -0.243. The lowest BCUT2D eigenvalue weighted by Gasteiger charge is -2.05. The molecule has 3 heteroatoms. The number of unbranched alkanes of at least 4 members (excludes halogenated alkanes) is 9. The Kier molecular flexibility index (Phi) is 15.6. The second kappa shape index (κ2) is 15.9. The summed E-state index contributed by atoms with van der Waals surface area (Å²) >= 11 is 1.79. The summed E-state index contributed by atoms with van der Waals surface area (Å²) in [7, 11) is 0. The van der Waals surface area contributed by atoms with Crippen molar-refractivity contribution in [3.63, 3.8) is 0 Å². The minimum absolute atomic E-state index is 0.243. The van der Waals surface area contributed by atoms with Crippen LogP contribution in [0.2, 0.25) is 0 Å². The van der Waals surface area contributed by atoms with Crippen molar-refractivity contribution in [1.82, 2.24) is 0 Å². The van der Waals surface area contributed by atoms with Gasteiger partial charge in [0.25, 0.3) is 0 Å². The Labute approximate surface area is 136 Å². The number of ether oxygens (including phenoxy) is 1. The van der Waals surface area contributed by atoms with Gasteiger partial charge in [0, 0.05) is 11.3 Å².